The number of aryl methyl sites for hydroxylation is 2. The number of benzene rings is 1. The summed E-state index contributed by atoms with van der Waals surface area (Å²) < 4.78 is 6.42. The maximum absolute atomic E-state index is 11.8. The zero-order valence-corrected chi connectivity index (χ0v) is 16.5. The molecule has 0 aliphatic heterocycles. The fourth-order valence-electron chi connectivity index (χ4n) is 2.29. The molecule has 0 spiro atoms. The van der Waals surface area contributed by atoms with Gasteiger partial charge in [0.2, 0.25) is 0 Å². The Morgan fingerprint density at radius 1 is 1.21 bits per heavy atom. The molecule has 9 heteroatoms. The number of aromatic nitrogens is 2. The second-order valence-electron chi connectivity index (χ2n) is 6.00. The van der Waals surface area contributed by atoms with E-state index in [1.165, 1.54) is 13.1 Å². The number of carbonyl (C=O) groups is 3. The Labute approximate surface area is 167 Å². The van der Waals surface area contributed by atoms with Crippen LogP contribution in [0.5, 0.6) is 0 Å². The Morgan fingerprint density at radius 3 is 2.54 bits per heavy atom. The maximum atomic E-state index is 11.8. The van der Waals surface area contributed by atoms with Gasteiger partial charge in [0.05, 0.1) is 12.2 Å². The summed E-state index contributed by atoms with van der Waals surface area (Å²) in [5, 5.41) is 8.98. The van der Waals surface area contributed by atoms with Crippen LogP contribution in [0.1, 0.15) is 22.4 Å². The highest BCUT2D eigenvalue weighted by atomic mass is 35.5. The molecule has 0 aliphatic carbocycles. The van der Waals surface area contributed by atoms with Gasteiger partial charge in [-0.2, -0.15) is 5.10 Å². The van der Waals surface area contributed by atoms with Gasteiger partial charge in [0.1, 0.15) is 5.15 Å². The maximum Gasteiger partial charge on any atom is 0.331 e. The van der Waals surface area contributed by atoms with E-state index in [1.807, 2.05) is 36.5 Å². The van der Waals surface area contributed by atoms with Crippen LogP contribution in [0.3, 0.4) is 0 Å². The van der Waals surface area contributed by atoms with Crippen LogP contribution in [0, 0.1) is 13.8 Å². The SMILES string of the molecule is CNC(=O)NC(=O)COC(=O)/C=C/c1c(C)nn(Cc2ccc(C)cc2)c1Cl. The average Bonchev–Trinajstić information content (AvgIpc) is 2.93. The summed E-state index contributed by atoms with van der Waals surface area (Å²) in [4.78, 5) is 34.1. The fraction of sp³-hybridized carbons (Fsp3) is 0.263. The molecule has 0 fully saturated rings. The number of nitrogens with one attached hydrogen (secondary N) is 2. The lowest BCUT2D eigenvalue weighted by Gasteiger charge is -2.04. The zero-order chi connectivity index (χ0) is 20.7. The quantitative estimate of drug-likeness (QED) is 0.567. The third-order valence-electron chi connectivity index (χ3n) is 3.77. The van der Waals surface area contributed by atoms with Crippen molar-refractivity contribution in [3.05, 3.63) is 57.9 Å². The summed E-state index contributed by atoms with van der Waals surface area (Å²) in [6.07, 6.45) is 2.63. The van der Waals surface area contributed by atoms with E-state index in [2.05, 4.69) is 10.4 Å². The molecule has 2 rings (SSSR count). The second kappa shape index (κ2) is 9.70. The summed E-state index contributed by atoms with van der Waals surface area (Å²) >= 11 is 6.38. The molecule has 3 amide bonds. The third-order valence-corrected chi connectivity index (χ3v) is 4.17. The number of halogens is 1. The normalized spacial score (nSPS) is 10.7. The van der Waals surface area contributed by atoms with Crippen molar-refractivity contribution in [2.75, 3.05) is 13.7 Å². The van der Waals surface area contributed by atoms with E-state index in [9.17, 15) is 14.4 Å². The molecule has 148 valence electrons. The van der Waals surface area contributed by atoms with E-state index in [1.54, 1.807) is 11.6 Å². The van der Waals surface area contributed by atoms with Gasteiger partial charge in [-0.3, -0.25) is 10.1 Å². The van der Waals surface area contributed by atoms with Gasteiger partial charge in [0, 0.05) is 18.7 Å². The number of ether oxygens (including phenoxy) is 1. The van der Waals surface area contributed by atoms with Gasteiger partial charge < -0.3 is 10.1 Å². The summed E-state index contributed by atoms with van der Waals surface area (Å²) in [7, 11) is 1.36. The minimum absolute atomic E-state index is 0.388. The van der Waals surface area contributed by atoms with Gasteiger partial charge in [0.25, 0.3) is 5.91 Å². The molecule has 0 bridgehead atoms. The number of amides is 3. The lowest BCUT2D eigenvalue weighted by atomic mass is 10.1. The van der Waals surface area contributed by atoms with E-state index in [0.29, 0.717) is 23.0 Å². The average molecular weight is 405 g/mol. The van der Waals surface area contributed by atoms with Crippen molar-refractivity contribution >= 4 is 35.6 Å². The van der Waals surface area contributed by atoms with Crippen LogP contribution in [-0.2, 0) is 20.9 Å². The molecule has 0 atom stereocenters. The highest BCUT2D eigenvalue weighted by Gasteiger charge is 2.13. The van der Waals surface area contributed by atoms with Crippen molar-refractivity contribution < 1.29 is 19.1 Å². The molecule has 0 unspecified atom stereocenters. The smallest absolute Gasteiger partial charge is 0.331 e. The molecule has 0 aliphatic rings. The van der Waals surface area contributed by atoms with Gasteiger partial charge in [0.15, 0.2) is 6.61 Å². The number of urea groups is 1. The summed E-state index contributed by atoms with van der Waals surface area (Å²) in [6.45, 7) is 3.71. The number of esters is 1. The minimum Gasteiger partial charge on any atom is -0.452 e. The van der Waals surface area contributed by atoms with Gasteiger partial charge >= 0.3 is 12.0 Å². The standard InChI is InChI=1S/C19H21ClN4O4/c1-12-4-6-14(7-5-12)10-24-18(20)15(13(2)23-24)8-9-17(26)28-11-16(25)22-19(27)21-3/h4-9H,10-11H2,1-3H3,(H2,21,22,25,27)/b9-8+. The number of rotatable bonds is 6. The summed E-state index contributed by atoms with van der Waals surface area (Å²) in [6, 6.07) is 7.34. The van der Waals surface area contributed by atoms with Crippen LogP contribution >= 0.6 is 11.6 Å². The van der Waals surface area contributed by atoms with Crippen molar-refractivity contribution in [1.29, 1.82) is 0 Å². The second-order valence-corrected chi connectivity index (χ2v) is 6.36. The van der Waals surface area contributed by atoms with Crippen LogP contribution in [0.4, 0.5) is 4.79 Å². The molecule has 0 saturated carbocycles. The fourth-order valence-corrected chi connectivity index (χ4v) is 2.59. The van der Waals surface area contributed by atoms with Crippen LogP contribution in [-0.4, -0.2) is 41.3 Å². The molecule has 2 aromatic rings. The predicted octanol–water partition coefficient (Wildman–Crippen LogP) is 2.21. The lowest BCUT2D eigenvalue weighted by molar-refractivity contribution is -0.143. The van der Waals surface area contributed by atoms with Crippen molar-refractivity contribution in [3.63, 3.8) is 0 Å². The summed E-state index contributed by atoms with van der Waals surface area (Å²) in [5.41, 5.74) is 3.45. The Morgan fingerprint density at radius 2 is 1.89 bits per heavy atom. The van der Waals surface area contributed by atoms with Crippen molar-refractivity contribution in [3.8, 4) is 0 Å². The van der Waals surface area contributed by atoms with Crippen molar-refractivity contribution in [2.45, 2.75) is 20.4 Å². The highest BCUT2D eigenvalue weighted by molar-refractivity contribution is 6.31. The third kappa shape index (κ3) is 5.95. The topological polar surface area (TPSA) is 102 Å². The largest absolute Gasteiger partial charge is 0.452 e. The van der Waals surface area contributed by atoms with E-state index in [4.69, 9.17) is 16.3 Å². The number of hydrogen-bond donors (Lipinski definition) is 2. The van der Waals surface area contributed by atoms with Gasteiger partial charge in [-0.1, -0.05) is 41.4 Å². The molecule has 1 heterocycles. The Bertz CT molecular complexity index is 903. The molecule has 0 radical (unpaired) electrons. The van der Waals surface area contributed by atoms with E-state index >= 15 is 0 Å². The first-order chi connectivity index (χ1) is 13.3. The molecule has 0 saturated heterocycles. The van der Waals surface area contributed by atoms with Crippen molar-refractivity contribution in [2.24, 2.45) is 0 Å². The Hall–Kier alpha value is -3.13. The Kier molecular flexibility index (Phi) is 7.34. The van der Waals surface area contributed by atoms with Crippen LogP contribution in [0.25, 0.3) is 6.08 Å². The van der Waals surface area contributed by atoms with Crippen LogP contribution in [0.15, 0.2) is 30.3 Å². The van der Waals surface area contributed by atoms with Gasteiger partial charge in [-0.15, -0.1) is 0 Å². The zero-order valence-electron chi connectivity index (χ0n) is 15.8. The highest BCUT2D eigenvalue weighted by Crippen LogP contribution is 2.22. The molecule has 1 aromatic heterocycles. The molecule has 28 heavy (non-hydrogen) atoms. The molecular weight excluding hydrogens is 384 g/mol. The number of hydrogen-bond acceptors (Lipinski definition) is 5. The van der Waals surface area contributed by atoms with Crippen LogP contribution < -0.4 is 10.6 Å². The molecule has 1 aromatic carbocycles. The van der Waals surface area contributed by atoms with E-state index in [0.717, 1.165) is 17.2 Å². The molecule has 8 nitrogen and oxygen atoms in total. The monoisotopic (exact) mass is 404 g/mol. The summed E-state index contributed by atoms with van der Waals surface area (Å²) in [5.74, 6) is -1.48. The first-order valence-electron chi connectivity index (χ1n) is 8.45. The van der Waals surface area contributed by atoms with E-state index in [-0.39, 0.29) is 0 Å². The van der Waals surface area contributed by atoms with Gasteiger partial charge in [-0.25, -0.2) is 14.3 Å². The number of nitrogens with zero attached hydrogens (tertiary/aromatic N) is 2. The first kappa shape index (κ1) is 21.2. The number of carbonyl (C=O) groups excluding carboxylic acids is 3. The molecule has 2 N–H and O–H groups in total. The molecular formula is C19H21ClN4O4. The Balaban J connectivity index is 1.98. The predicted molar refractivity (Wildman–Crippen MR) is 105 cm³/mol. The first-order valence-corrected chi connectivity index (χ1v) is 8.82. The van der Waals surface area contributed by atoms with Crippen LogP contribution in [0.2, 0.25) is 5.15 Å². The van der Waals surface area contributed by atoms with E-state index < -0.39 is 24.5 Å². The van der Waals surface area contributed by atoms with Gasteiger partial charge in [-0.05, 0) is 25.5 Å². The lowest BCUT2D eigenvalue weighted by Crippen LogP contribution is -2.39. The number of imide groups is 1. The van der Waals surface area contributed by atoms with Crippen molar-refractivity contribution in [1.82, 2.24) is 20.4 Å². The minimum atomic E-state index is -0.742.